The predicted molar refractivity (Wildman–Crippen MR) is 65.4 cm³/mol. The lowest BCUT2D eigenvalue weighted by atomic mass is 10.0. The van der Waals surface area contributed by atoms with E-state index >= 15 is 0 Å². The average molecular weight is 236 g/mol. The standard InChI is InChI=1S/C13H20N2O2/c1-13(2,3)15-11(9-6-4-5-7-9)8-10(14-15)12(16)17/h8-9H,4-7H2,1-3H3,(H,16,17). The smallest absolute Gasteiger partial charge is 0.356 e. The van der Waals surface area contributed by atoms with Crippen molar-refractivity contribution < 1.29 is 9.90 Å². The summed E-state index contributed by atoms with van der Waals surface area (Å²) in [4.78, 5) is 11.0. The maximum atomic E-state index is 11.0. The Kier molecular flexibility index (Phi) is 2.98. The molecule has 0 spiro atoms. The van der Waals surface area contributed by atoms with Crippen LogP contribution in [0.2, 0.25) is 0 Å². The highest BCUT2D eigenvalue weighted by molar-refractivity contribution is 5.85. The molecular formula is C13H20N2O2. The van der Waals surface area contributed by atoms with Gasteiger partial charge in [-0.3, -0.25) is 4.68 Å². The third-order valence-electron chi connectivity index (χ3n) is 3.36. The van der Waals surface area contributed by atoms with Crippen molar-refractivity contribution in [1.82, 2.24) is 9.78 Å². The van der Waals surface area contributed by atoms with Gasteiger partial charge in [0, 0.05) is 11.6 Å². The summed E-state index contributed by atoms with van der Waals surface area (Å²) in [7, 11) is 0. The zero-order valence-corrected chi connectivity index (χ0v) is 10.7. The number of nitrogens with zero attached hydrogens (tertiary/aromatic N) is 2. The molecule has 1 aliphatic rings. The van der Waals surface area contributed by atoms with E-state index in [9.17, 15) is 4.79 Å². The number of hydrogen-bond donors (Lipinski definition) is 1. The molecule has 4 nitrogen and oxygen atoms in total. The fourth-order valence-electron chi connectivity index (χ4n) is 2.55. The van der Waals surface area contributed by atoms with Gasteiger partial charge in [0.15, 0.2) is 5.69 Å². The SMILES string of the molecule is CC(C)(C)n1nc(C(=O)O)cc1C1CCCC1. The molecule has 4 heteroatoms. The Morgan fingerprint density at radius 3 is 2.47 bits per heavy atom. The van der Waals surface area contributed by atoms with Gasteiger partial charge < -0.3 is 5.11 Å². The normalized spacial score (nSPS) is 17.6. The molecule has 0 radical (unpaired) electrons. The molecule has 0 aliphatic heterocycles. The Balaban J connectivity index is 2.44. The Hall–Kier alpha value is -1.32. The van der Waals surface area contributed by atoms with Gasteiger partial charge in [-0.25, -0.2) is 4.79 Å². The molecule has 1 aromatic rings. The lowest BCUT2D eigenvalue weighted by Gasteiger charge is -2.24. The predicted octanol–water partition coefficient (Wildman–Crippen LogP) is 2.99. The van der Waals surface area contributed by atoms with Crippen LogP contribution in [-0.4, -0.2) is 20.9 Å². The van der Waals surface area contributed by atoms with Crippen LogP contribution in [0.4, 0.5) is 0 Å². The van der Waals surface area contributed by atoms with Crippen molar-refractivity contribution in [2.24, 2.45) is 0 Å². The first-order valence-electron chi connectivity index (χ1n) is 6.23. The third-order valence-corrected chi connectivity index (χ3v) is 3.36. The molecule has 0 saturated heterocycles. The first kappa shape index (κ1) is 12.1. The van der Waals surface area contributed by atoms with Crippen LogP contribution in [0.25, 0.3) is 0 Å². The highest BCUT2D eigenvalue weighted by Crippen LogP contribution is 2.36. The fraction of sp³-hybridized carbons (Fsp3) is 0.692. The number of carbonyl (C=O) groups is 1. The lowest BCUT2D eigenvalue weighted by Crippen LogP contribution is -2.26. The third kappa shape index (κ3) is 2.35. The van der Waals surface area contributed by atoms with E-state index in [2.05, 4.69) is 25.9 Å². The first-order chi connectivity index (χ1) is 7.89. The summed E-state index contributed by atoms with van der Waals surface area (Å²) in [5.74, 6) is -0.456. The molecule has 2 rings (SSSR count). The average Bonchev–Trinajstić information content (AvgIpc) is 2.85. The molecule has 17 heavy (non-hydrogen) atoms. The van der Waals surface area contributed by atoms with E-state index in [1.807, 2.05) is 4.68 Å². The first-order valence-corrected chi connectivity index (χ1v) is 6.23. The summed E-state index contributed by atoms with van der Waals surface area (Å²) in [5, 5.41) is 13.3. The largest absolute Gasteiger partial charge is 0.476 e. The number of carboxylic acid groups (broad SMARTS) is 1. The minimum Gasteiger partial charge on any atom is -0.476 e. The van der Waals surface area contributed by atoms with Crippen molar-refractivity contribution in [3.05, 3.63) is 17.5 Å². The Labute approximate surface area is 102 Å². The van der Waals surface area contributed by atoms with E-state index in [-0.39, 0.29) is 11.2 Å². The van der Waals surface area contributed by atoms with Gasteiger partial charge in [-0.2, -0.15) is 5.10 Å². The molecule has 1 N–H and O–H groups in total. The monoisotopic (exact) mass is 236 g/mol. The van der Waals surface area contributed by atoms with Gasteiger partial charge in [-0.15, -0.1) is 0 Å². The zero-order chi connectivity index (χ0) is 12.6. The number of carboxylic acids is 1. The Bertz CT molecular complexity index is 423. The van der Waals surface area contributed by atoms with Crippen LogP contribution in [0.1, 0.15) is 68.6 Å². The van der Waals surface area contributed by atoms with E-state index in [0.29, 0.717) is 5.92 Å². The van der Waals surface area contributed by atoms with Gasteiger partial charge in [-0.05, 0) is 39.7 Å². The van der Waals surface area contributed by atoms with Crippen molar-refractivity contribution >= 4 is 5.97 Å². The van der Waals surface area contributed by atoms with Crippen molar-refractivity contribution in [3.8, 4) is 0 Å². The summed E-state index contributed by atoms with van der Waals surface area (Å²) in [6.45, 7) is 6.18. The minimum atomic E-state index is -0.938. The van der Waals surface area contributed by atoms with Gasteiger partial charge in [0.1, 0.15) is 0 Å². The lowest BCUT2D eigenvalue weighted by molar-refractivity contribution is 0.0688. The van der Waals surface area contributed by atoms with Crippen LogP contribution in [-0.2, 0) is 5.54 Å². The van der Waals surface area contributed by atoms with Crippen molar-refractivity contribution in [2.75, 3.05) is 0 Å². The minimum absolute atomic E-state index is 0.161. The maximum Gasteiger partial charge on any atom is 0.356 e. The molecule has 1 aliphatic carbocycles. The summed E-state index contributed by atoms with van der Waals surface area (Å²) < 4.78 is 1.90. The molecule has 0 atom stereocenters. The van der Waals surface area contributed by atoms with Gasteiger partial charge in [0.2, 0.25) is 0 Å². The van der Waals surface area contributed by atoms with Crippen LogP contribution in [0, 0.1) is 0 Å². The molecule has 0 bridgehead atoms. The molecule has 94 valence electrons. The molecule has 0 aromatic carbocycles. The summed E-state index contributed by atoms with van der Waals surface area (Å²) in [6, 6.07) is 1.75. The van der Waals surface area contributed by atoms with Crippen LogP contribution in [0.5, 0.6) is 0 Å². The van der Waals surface area contributed by atoms with Gasteiger partial charge >= 0.3 is 5.97 Å². The number of hydrogen-bond acceptors (Lipinski definition) is 2. The molecule has 0 unspecified atom stereocenters. The molecular weight excluding hydrogens is 216 g/mol. The van der Waals surface area contributed by atoms with Crippen molar-refractivity contribution in [2.45, 2.75) is 57.9 Å². The van der Waals surface area contributed by atoms with Crippen LogP contribution >= 0.6 is 0 Å². The van der Waals surface area contributed by atoms with Crippen molar-refractivity contribution in [3.63, 3.8) is 0 Å². The Morgan fingerprint density at radius 1 is 1.41 bits per heavy atom. The summed E-state index contributed by atoms with van der Waals surface area (Å²) >= 11 is 0. The molecule has 0 amide bonds. The number of rotatable bonds is 2. The van der Waals surface area contributed by atoms with E-state index in [1.54, 1.807) is 6.07 Å². The van der Waals surface area contributed by atoms with E-state index in [1.165, 1.54) is 12.8 Å². The van der Waals surface area contributed by atoms with Crippen LogP contribution < -0.4 is 0 Å². The summed E-state index contributed by atoms with van der Waals surface area (Å²) in [6.07, 6.45) is 4.78. The molecule has 1 fully saturated rings. The second-order valence-corrected chi connectivity index (χ2v) is 5.82. The van der Waals surface area contributed by atoms with E-state index in [4.69, 9.17) is 5.11 Å². The maximum absolute atomic E-state index is 11.0. The van der Waals surface area contributed by atoms with Gasteiger partial charge in [0.25, 0.3) is 0 Å². The second kappa shape index (κ2) is 4.17. The van der Waals surface area contributed by atoms with Crippen LogP contribution in [0.15, 0.2) is 6.07 Å². The zero-order valence-electron chi connectivity index (χ0n) is 10.7. The molecule has 1 saturated carbocycles. The topological polar surface area (TPSA) is 55.1 Å². The highest BCUT2D eigenvalue weighted by atomic mass is 16.4. The Morgan fingerprint density at radius 2 is 2.00 bits per heavy atom. The second-order valence-electron chi connectivity index (χ2n) is 5.82. The van der Waals surface area contributed by atoms with Gasteiger partial charge in [-0.1, -0.05) is 12.8 Å². The van der Waals surface area contributed by atoms with E-state index in [0.717, 1.165) is 18.5 Å². The molecule has 1 heterocycles. The van der Waals surface area contributed by atoms with E-state index < -0.39 is 5.97 Å². The van der Waals surface area contributed by atoms with Gasteiger partial charge in [0.05, 0.1) is 5.54 Å². The summed E-state index contributed by atoms with van der Waals surface area (Å²) in [5.41, 5.74) is 1.10. The number of aromatic carboxylic acids is 1. The molecule has 1 aromatic heterocycles. The fourth-order valence-corrected chi connectivity index (χ4v) is 2.55. The quantitative estimate of drug-likeness (QED) is 0.858. The number of aromatic nitrogens is 2. The van der Waals surface area contributed by atoms with Crippen molar-refractivity contribution in [1.29, 1.82) is 0 Å². The highest BCUT2D eigenvalue weighted by Gasteiger charge is 2.28. The van der Waals surface area contributed by atoms with Crippen LogP contribution in [0.3, 0.4) is 0 Å².